The molecule has 1 aliphatic carbocycles. The highest BCUT2D eigenvalue weighted by Crippen LogP contribution is 2.31. The number of aromatic nitrogens is 1. The van der Waals surface area contributed by atoms with E-state index in [0.29, 0.717) is 12.5 Å². The van der Waals surface area contributed by atoms with E-state index in [4.69, 9.17) is 4.74 Å². The zero-order chi connectivity index (χ0) is 12.3. The van der Waals surface area contributed by atoms with Crippen LogP contribution in [0.15, 0.2) is 18.3 Å². The first-order chi connectivity index (χ1) is 8.20. The lowest BCUT2D eigenvalue weighted by Crippen LogP contribution is -2.37. The van der Waals surface area contributed by atoms with Crippen molar-refractivity contribution in [2.24, 2.45) is 5.92 Å². The highest BCUT2D eigenvalue weighted by Gasteiger charge is 2.28. The smallest absolute Gasteiger partial charge is 0.171 e. The summed E-state index contributed by atoms with van der Waals surface area (Å²) in [5, 5.41) is 9.28. The minimum Gasteiger partial charge on any atom is -0.490 e. The summed E-state index contributed by atoms with van der Waals surface area (Å²) in [6.45, 7) is 3.54. The number of nitrogens with zero attached hydrogens (tertiary/aromatic N) is 2. The quantitative estimate of drug-likeness (QED) is 0.845. The number of rotatable bonds is 5. The third-order valence-electron chi connectivity index (χ3n) is 3.16. The van der Waals surface area contributed by atoms with Crippen LogP contribution in [0.1, 0.15) is 19.8 Å². The molecule has 1 heterocycles. The average Bonchev–Trinajstić information content (AvgIpc) is 2.28. The number of hydrogen-bond donors (Lipinski definition) is 1. The van der Waals surface area contributed by atoms with Crippen LogP contribution in [0.2, 0.25) is 0 Å². The van der Waals surface area contributed by atoms with Gasteiger partial charge in [0.25, 0.3) is 0 Å². The molecule has 0 bridgehead atoms. The maximum absolute atomic E-state index is 9.28. The fraction of sp³-hybridized carbons (Fsp3) is 0.615. The van der Waals surface area contributed by atoms with Crippen molar-refractivity contribution < 1.29 is 9.84 Å². The monoisotopic (exact) mass is 236 g/mol. The van der Waals surface area contributed by atoms with Gasteiger partial charge in [0.15, 0.2) is 11.6 Å². The molecular weight excluding hydrogens is 216 g/mol. The second-order valence-electron chi connectivity index (χ2n) is 4.63. The van der Waals surface area contributed by atoms with Crippen molar-refractivity contribution in [1.29, 1.82) is 0 Å². The third kappa shape index (κ3) is 2.88. The minimum absolute atomic E-state index is 0.0940. The molecule has 1 fully saturated rings. The molecule has 17 heavy (non-hydrogen) atoms. The molecule has 0 saturated heterocycles. The van der Waals surface area contributed by atoms with Gasteiger partial charge in [-0.05, 0) is 37.8 Å². The van der Waals surface area contributed by atoms with Crippen molar-refractivity contribution in [3.63, 3.8) is 0 Å². The summed E-state index contributed by atoms with van der Waals surface area (Å²) in [6.07, 6.45) is 3.50. The van der Waals surface area contributed by atoms with E-state index in [-0.39, 0.29) is 6.10 Å². The van der Waals surface area contributed by atoms with Gasteiger partial charge in [0.1, 0.15) is 0 Å². The van der Waals surface area contributed by atoms with Crippen LogP contribution in [0.4, 0.5) is 5.82 Å². The van der Waals surface area contributed by atoms with Crippen LogP contribution in [0.5, 0.6) is 5.75 Å². The molecule has 0 atom stereocenters. The summed E-state index contributed by atoms with van der Waals surface area (Å²) in [7, 11) is 2.02. The number of aliphatic hydroxyl groups is 1. The SMILES string of the molecule is CCOc1cccnc1N(C)CC1CC(O)C1. The first-order valence-corrected chi connectivity index (χ1v) is 6.17. The molecule has 4 nitrogen and oxygen atoms in total. The van der Waals surface area contributed by atoms with Gasteiger partial charge in [-0.3, -0.25) is 0 Å². The number of ether oxygens (including phenoxy) is 1. The predicted molar refractivity (Wildman–Crippen MR) is 67.4 cm³/mol. The molecule has 0 radical (unpaired) electrons. The van der Waals surface area contributed by atoms with Gasteiger partial charge in [-0.1, -0.05) is 0 Å². The van der Waals surface area contributed by atoms with E-state index in [2.05, 4.69) is 9.88 Å². The minimum atomic E-state index is -0.0940. The molecule has 94 valence electrons. The van der Waals surface area contributed by atoms with E-state index in [9.17, 15) is 5.11 Å². The predicted octanol–water partition coefficient (Wildman–Crippen LogP) is 1.69. The molecule has 2 rings (SSSR count). The summed E-state index contributed by atoms with van der Waals surface area (Å²) in [4.78, 5) is 6.48. The Kier molecular flexibility index (Phi) is 3.84. The Bertz CT molecular complexity index is 364. The Balaban J connectivity index is 1.99. The van der Waals surface area contributed by atoms with Crippen LogP contribution >= 0.6 is 0 Å². The fourth-order valence-electron chi connectivity index (χ4n) is 2.26. The third-order valence-corrected chi connectivity index (χ3v) is 3.16. The Morgan fingerprint density at radius 1 is 1.53 bits per heavy atom. The van der Waals surface area contributed by atoms with Crippen LogP contribution in [-0.4, -0.2) is 36.4 Å². The summed E-state index contributed by atoms with van der Waals surface area (Å²) >= 11 is 0. The van der Waals surface area contributed by atoms with Gasteiger partial charge in [-0.15, -0.1) is 0 Å². The lowest BCUT2D eigenvalue weighted by molar-refractivity contribution is 0.0464. The molecule has 1 aliphatic rings. The topological polar surface area (TPSA) is 45.6 Å². The summed E-state index contributed by atoms with van der Waals surface area (Å²) in [6, 6.07) is 3.83. The average molecular weight is 236 g/mol. The normalized spacial score (nSPS) is 23.0. The van der Waals surface area contributed by atoms with Crippen molar-refractivity contribution in [3.05, 3.63) is 18.3 Å². The summed E-state index contributed by atoms with van der Waals surface area (Å²) in [5.41, 5.74) is 0. The highest BCUT2D eigenvalue weighted by atomic mass is 16.5. The van der Waals surface area contributed by atoms with Crippen molar-refractivity contribution in [2.45, 2.75) is 25.9 Å². The molecule has 0 unspecified atom stereocenters. The fourth-order valence-corrected chi connectivity index (χ4v) is 2.26. The van der Waals surface area contributed by atoms with Crippen LogP contribution in [-0.2, 0) is 0 Å². The first-order valence-electron chi connectivity index (χ1n) is 6.17. The van der Waals surface area contributed by atoms with E-state index in [1.54, 1.807) is 6.20 Å². The highest BCUT2D eigenvalue weighted by molar-refractivity contribution is 5.51. The zero-order valence-electron chi connectivity index (χ0n) is 10.5. The number of aliphatic hydroxyl groups excluding tert-OH is 1. The number of pyridine rings is 1. The first kappa shape index (κ1) is 12.2. The van der Waals surface area contributed by atoms with E-state index >= 15 is 0 Å². The van der Waals surface area contributed by atoms with Crippen LogP contribution in [0.25, 0.3) is 0 Å². The van der Waals surface area contributed by atoms with Gasteiger partial charge in [0.2, 0.25) is 0 Å². The van der Waals surface area contributed by atoms with Crippen LogP contribution in [0, 0.1) is 5.92 Å². The van der Waals surface area contributed by atoms with E-state index in [1.165, 1.54) is 0 Å². The summed E-state index contributed by atoms with van der Waals surface area (Å²) in [5.74, 6) is 2.29. The van der Waals surface area contributed by atoms with Gasteiger partial charge >= 0.3 is 0 Å². The molecule has 1 aromatic heterocycles. The van der Waals surface area contributed by atoms with Gasteiger partial charge in [-0.25, -0.2) is 4.98 Å². The lowest BCUT2D eigenvalue weighted by atomic mass is 9.82. The molecule has 1 aromatic rings. The maximum Gasteiger partial charge on any atom is 0.171 e. The van der Waals surface area contributed by atoms with Crippen molar-refractivity contribution >= 4 is 5.82 Å². The van der Waals surface area contributed by atoms with Gasteiger partial charge in [0, 0.05) is 19.8 Å². The van der Waals surface area contributed by atoms with Crippen molar-refractivity contribution in [2.75, 3.05) is 25.1 Å². The van der Waals surface area contributed by atoms with Crippen molar-refractivity contribution in [1.82, 2.24) is 4.98 Å². The number of anilines is 1. The van der Waals surface area contributed by atoms with E-state index in [1.807, 2.05) is 26.1 Å². The molecule has 0 amide bonds. The second-order valence-corrected chi connectivity index (χ2v) is 4.63. The largest absolute Gasteiger partial charge is 0.490 e. The molecule has 0 aromatic carbocycles. The second kappa shape index (κ2) is 5.36. The molecular formula is C13H20N2O2. The Hall–Kier alpha value is -1.29. The lowest BCUT2D eigenvalue weighted by Gasteiger charge is -2.35. The Morgan fingerprint density at radius 3 is 2.94 bits per heavy atom. The number of hydrogen-bond acceptors (Lipinski definition) is 4. The van der Waals surface area contributed by atoms with E-state index in [0.717, 1.165) is 31.0 Å². The molecule has 4 heteroatoms. The van der Waals surface area contributed by atoms with Gasteiger partial charge in [0.05, 0.1) is 12.7 Å². The van der Waals surface area contributed by atoms with Crippen LogP contribution in [0.3, 0.4) is 0 Å². The molecule has 1 saturated carbocycles. The molecule has 0 aliphatic heterocycles. The van der Waals surface area contributed by atoms with Gasteiger partial charge in [-0.2, -0.15) is 0 Å². The molecule has 1 N–H and O–H groups in total. The maximum atomic E-state index is 9.28. The van der Waals surface area contributed by atoms with Crippen LogP contribution < -0.4 is 9.64 Å². The van der Waals surface area contributed by atoms with Crippen molar-refractivity contribution in [3.8, 4) is 5.75 Å². The standard InChI is InChI=1S/C13H20N2O2/c1-3-17-12-5-4-6-14-13(12)15(2)9-10-7-11(16)8-10/h4-6,10-11,16H,3,7-9H2,1-2H3. The zero-order valence-corrected chi connectivity index (χ0v) is 10.5. The summed E-state index contributed by atoms with van der Waals surface area (Å²) < 4.78 is 5.56. The Morgan fingerprint density at radius 2 is 2.29 bits per heavy atom. The molecule has 0 spiro atoms. The Labute approximate surface area is 102 Å². The van der Waals surface area contributed by atoms with Gasteiger partial charge < -0.3 is 14.7 Å². The van der Waals surface area contributed by atoms with E-state index < -0.39 is 0 Å².